The fourth-order valence-corrected chi connectivity index (χ4v) is 1.56. The Bertz CT molecular complexity index is 621. The smallest absolute Gasteiger partial charge is 0.255 e. The van der Waals surface area contributed by atoms with Gasteiger partial charge in [-0.1, -0.05) is 12.1 Å². The number of anilines is 1. The summed E-state index contributed by atoms with van der Waals surface area (Å²) < 4.78 is 0. The van der Waals surface area contributed by atoms with Crippen molar-refractivity contribution in [1.82, 2.24) is 0 Å². The summed E-state index contributed by atoms with van der Waals surface area (Å²) in [5, 5.41) is 12.1. The van der Waals surface area contributed by atoms with E-state index in [1.807, 2.05) is 0 Å². The lowest BCUT2D eigenvalue weighted by molar-refractivity contribution is 0.0995. The van der Waals surface area contributed by atoms with Gasteiger partial charge in [-0.15, -0.1) is 0 Å². The van der Waals surface area contributed by atoms with Gasteiger partial charge >= 0.3 is 0 Å². The quantitative estimate of drug-likeness (QED) is 0.730. The zero-order chi connectivity index (χ0) is 13.8. The molecule has 0 aliphatic rings. The normalized spacial score (nSPS) is 9.89. The molecule has 0 aliphatic carbocycles. The molecule has 96 valence electrons. The Morgan fingerprint density at radius 1 is 0.947 bits per heavy atom. The molecule has 0 unspecified atom stereocenters. The highest BCUT2D eigenvalue weighted by atomic mass is 16.3. The van der Waals surface area contributed by atoms with Crippen molar-refractivity contribution >= 4 is 17.5 Å². The van der Waals surface area contributed by atoms with Crippen LogP contribution < -0.4 is 11.1 Å². The Hall–Kier alpha value is -2.82. The molecule has 4 N–H and O–H groups in total. The molecule has 2 amide bonds. The number of hydrogen-bond donors (Lipinski definition) is 3. The minimum absolute atomic E-state index is 0.00962. The molecule has 0 heterocycles. The third-order valence-electron chi connectivity index (χ3n) is 2.58. The molecule has 2 aromatic rings. The lowest BCUT2D eigenvalue weighted by Crippen LogP contribution is -2.14. The second-order valence-corrected chi connectivity index (χ2v) is 3.91. The molecule has 5 heteroatoms. The fourth-order valence-electron chi connectivity index (χ4n) is 1.56. The van der Waals surface area contributed by atoms with E-state index in [0.717, 1.165) is 0 Å². The number of primary amides is 1. The molecule has 0 saturated carbocycles. The first-order valence-corrected chi connectivity index (χ1v) is 5.57. The Morgan fingerprint density at radius 3 is 2.11 bits per heavy atom. The zero-order valence-electron chi connectivity index (χ0n) is 9.96. The number of benzene rings is 2. The van der Waals surface area contributed by atoms with E-state index in [2.05, 4.69) is 5.32 Å². The molecular weight excluding hydrogens is 244 g/mol. The van der Waals surface area contributed by atoms with Gasteiger partial charge in [-0.3, -0.25) is 9.59 Å². The highest BCUT2D eigenvalue weighted by molar-refractivity contribution is 6.05. The van der Waals surface area contributed by atoms with Crippen LogP contribution in [0.25, 0.3) is 0 Å². The van der Waals surface area contributed by atoms with E-state index in [0.29, 0.717) is 16.8 Å². The lowest BCUT2D eigenvalue weighted by atomic mass is 10.1. The van der Waals surface area contributed by atoms with Crippen molar-refractivity contribution in [2.24, 2.45) is 5.73 Å². The fraction of sp³-hybridized carbons (Fsp3) is 0. The summed E-state index contributed by atoms with van der Waals surface area (Å²) in [6.45, 7) is 0. The van der Waals surface area contributed by atoms with Crippen LogP contribution in [0.3, 0.4) is 0 Å². The number of aromatic hydroxyl groups is 1. The Balaban J connectivity index is 2.16. The number of nitrogens with two attached hydrogens (primary N) is 1. The lowest BCUT2D eigenvalue weighted by Gasteiger charge is -2.07. The predicted molar refractivity (Wildman–Crippen MR) is 71.0 cm³/mol. The Kier molecular flexibility index (Phi) is 3.47. The molecule has 0 atom stereocenters. The van der Waals surface area contributed by atoms with Crippen LogP contribution in [0.2, 0.25) is 0 Å². The Morgan fingerprint density at radius 2 is 1.53 bits per heavy atom. The van der Waals surface area contributed by atoms with Gasteiger partial charge in [0.1, 0.15) is 5.75 Å². The van der Waals surface area contributed by atoms with E-state index in [1.54, 1.807) is 18.2 Å². The average molecular weight is 256 g/mol. The van der Waals surface area contributed by atoms with Crippen molar-refractivity contribution in [3.05, 3.63) is 59.7 Å². The standard InChI is InChI=1S/C14H12N2O3/c15-13(18)9-5-7-10(8-6-9)14(19)16-11-3-1-2-4-12(11)17/h1-8,17H,(H2,15,18)(H,16,19). The number of carbonyl (C=O) groups excluding carboxylic acids is 2. The average Bonchev–Trinajstić information content (AvgIpc) is 2.41. The summed E-state index contributed by atoms with van der Waals surface area (Å²) in [5.74, 6) is -0.935. The second kappa shape index (κ2) is 5.22. The number of rotatable bonds is 3. The van der Waals surface area contributed by atoms with Gasteiger partial charge in [-0.2, -0.15) is 0 Å². The summed E-state index contributed by atoms with van der Waals surface area (Å²) >= 11 is 0. The number of phenols is 1. The maximum absolute atomic E-state index is 11.9. The van der Waals surface area contributed by atoms with E-state index in [9.17, 15) is 14.7 Å². The molecule has 2 aromatic carbocycles. The number of phenolic OH excluding ortho intramolecular Hbond substituents is 1. The van der Waals surface area contributed by atoms with Crippen molar-refractivity contribution in [1.29, 1.82) is 0 Å². The van der Waals surface area contributed by atoms with Crippen LogP contribution in [0, 0.1) is 0 Å². The second-order valence-electron chi connectivity index (χ2n) is 3.91. The van der Waals surface area contributed by atoms with Gasteiger partial charge in [0, 0.05) is 11.1 Å². The first kappa shape index (κ1) is 12.6. The van der Waals surface area contributed by atoms with Crippen molar-refractivity contribution in [2.45, 2.75) is 0 Å². The van der Waals surface area contributed by atoms with Crippen LogP contribution in [0.5, 0.6) is 5.75 Å². The highest BCUT2D eigenvalue weighted by Gasteiger charge is 2.09. The molecule has 0 aliphatic heterocycles. The van der Waals surface area contributed by atoms with E-state index < -0.39 is 5.91 Å². The predicted octanol–water partition coefficient (Wildman–Crippen LogP) is 1.74. The first-order valence-electron chi connectivity index (χ1n) is 5.57. The van der Waals surface area contributed by atoms with Crippen molar-refractivity contribution in [3.63, 3.8) is 0 Å². The molecule has 0 fully saturated rings. The maximum Gasteiger partial charge on any atom is 0.255 e. The minimum Gasteiger partial charge on any atom is -0.506 e. The van der Waals surface area contributed by atoms with Gasteiger partial charge in [0.05, 0.1) is 5.69 Å². The summed E-state index contributed by atoms with van der Waals surface area (Å²) in [7, 11) is 0. The molecule has 0 saturated heterocycles. The molecule has 0 bridgehead atoms. The number of amides is 2. The molecular formula is C14H12N2O3. The van der Waals surface area contributed by atoms with Gasteiger partial charge in [0.25, 0.3) is 5.91 Å². The van der Waals surface area contributed by atoms with Crippen LogP contribution in [-0.2, 0) is 0 Å². The van der Waals surface area contributed by atoms with Crippen LogP contribution >= 0.6 is 0 Å². The molecule has 0 radical (unpaired) electrons. The van der Waals surface area contributed by atoms with Crippen molar-refractivity contribution in [3.8, 4) is 5.75 Å². The number of hydrogen-bond acceptors (Lipinski definition) is 3. The van der Waals surface area contributed by atoms with E-state index in [4.69, 9.17) is 5.73 Å². The third kappa shape index (κ3) is 2.90. The first-order chi connectivity index (χ1) is 9.08. The van der Waals surface area contributed by atoms with Crippen molar-refractivity contribution < 1.29 is 14.7 Å². The molecule has 5 nitrogen and oxygen atoms in total. The number of carbonyl (C=O) groups is 2. The molecule has 0 aromatic heterocycles. The molecule has 2 rings (SSSR count). The highest BCUT2D eigenvalue weighted by Crippen LogP contribution is 2.22. The molecule has 19 heavy (non-hydrogen) atoms. The van der Waals surface area contributed by atoms with E-state index >= 15 is 0 Å². The van der Waals surface area contributed by atoms with E-state index in [-0.39, 0.29) is 11.7 Å². The Labute approximate surface area is 109 Å². The maximum atomic E-state index is 11.9. The van der Waals surface area contributed by atoms with Gasteiger partial charge in [-0.05, 0) is 36.4 Å². The van der Waals surface area contributed by atoms with E-state index in [1.165, 1.54) is 30.3 Å². The summed E-state index contributed by atoms with van der Waals surface area (Å²) in [4.78, 5) is 22.8. The third-order valence-corrected chi connectivity index (χ3v) is 2.58. The van der Waals surface area contributed by atoms with Crippen molar-refractivity contribution in [2.75, 3.05) is 5.32 Å². The summed E-state index contributed by atoms with van der Waals surface area (Å²) in [6, 6.07) is 12.4. The molecule has 0 spiro atoms. The number of nitrogens with one attached hydrogen (secondary N) is 1. The van der Waals surface area contributed by atoms with Crippen LogP contribution in [0.1, 0.15) is 20.7 Å². The van der Waals surface area contributed by atoms with Gasteiger partial charge in [0.15, 0.2) is 0 Å². The van der Waals surface area contributed by atoms with Crippen LogP contribution in [0.4, 0.5) is 5.69 Å². The largest absolute Gasteiger partial charge is 0.506 e. The topological polar surface area (TPSA) is 92.4 Å². The SMILES string of the molecule is NC(=O)c1ccc(C(=O)Nc2ccccc2O)cc1. The summed E-state index contributed by atoms with van der Waals surface area (Å²) in [5.41, 5.74) is 6.14. The summed E-state index contributed by atoms with van der Waals surface area (Å²) in [6.07, 6.45) is 0. The van der Waals surface area contributed by atoms with Crippen LogP contribution in [-0.4, -0.2) is 16.9 Å². The van der Waals surface area contributed by atoms with Gasteiger partial charge < -0.3 is 16.2 Å². The monoisotopic (exact) mass is 256 g/mol. The van der Waals surface area contributed by atoms with Gasteiger partial charge in [-0.25, -0.2) is 0 Å². The minimum atomic E-state index is -0.548. The zero-order valence-corrected chi connectivity index (χ0v) is 9.96. The van der Waals surface area contributed by atoms with Crippen LogP contribution in [0.15, 0.2) is 48.5 Å². The number of para-hydroxylation sites is 2. The van der Waals surface area contributed by atoms with Gasteiger partial charge in [0.2, 0.25) is 5.91 Å².